The van der Waals surface area contributed by atoms with Crippen molar-refractivity contribution in [3.63, 3.8) is 0 Å². The number of nitrogens with zero attached hydrogens (tertiary/aromatic N) is 2. The molecule has 2 atom stereocenters. The third-order valence-electron chi connectivity index (χ3n) is 11.8. The van der Waals surface area contributed by atoms with Gasteiger partial charge >= 0.3 is 0 Å². The largest absolute Gasteiger partial charge is 0.456 e. The first-order valence-electron chi connectivity index (χ1n) is 19.6. The summed E-state index contributed by atoms with van der Waals surface area (Å²) in [6.45, 7) is 0. The molecule has 3 aromatic heterocycles. The smallest absolute Gasteiger partial charge is 0.136 e. The Morgan fingerprint density at radius 3 is 1.91 bits per heavy atom. The summed E-state index contributed by atoms with van der Waals surface area (Å²) in [4.78, 5) is 0. The second-order valence-electron chi connectivity index (χ2n) is 15.0. The van der Waals surface area contributed by atoms with Crippen LogP contribution in [0.15, 0.2) is 199 Å². The topological polar surface area (TPSA) is 47.1 Å². The predicted octanol–water partition coefficient (Wildman–Crippen LogP) is 12.8. The first kappa shape index (κ1) is 32.0. The fourth-order valence-electron chi connectivity index (χ4n) is 9.23. The van der Waals surface area contributed by atoms with E-state index in [1.807, 2.05) is 6.07 Å². The molecule has 0 amide bonds. The number of hydrogen-bond acceptors (Lipinski definition) is 3. The minimum atomic E-state index is -0.136. The lowest BCUT2D eigenvalue weighted by Gasteiger charge is -2.33. The van der Waals surface area contributed by atoms with Crippen molar-refractivity contribution in [2.24, 2.45) is 0 Å². The maximum atomic E-state index is 6.51. The fraction of sp³-hybridized carbons (Fsp3) is 0.0385. The molecule has 5 nitrogen and oxygen atoms in total. The van der Waals surface area contributed by atoms with Crippen molar-refractivity contribution in [1.29, 1.82) is 0 Å². The molecule has 0 saturated carbocycles. The lowest BCUT2D eigenvalue weighted by Crippen LogP contribution is -2.39. The quantitative estimate of drug-likeness (QED) is 0.185. The van der Waals surface area contributed by atoms with Crippen molar-refractivity contribution in [1.82, 2.24) is 19.8 Å². The molecule has 0 saturated heterocycles. The summed E-state index contributed by atoms with van der Waals surface area (Å²) in [5.41, 5.74) is 13.3. The van der Waals surface area contributed by atoms with Gasteiger partial charge < -0.3 is 18.9 Å². The zero-order valence-corrected chi connectivity index (χ0v) is 30.9. The van der Waals surface area contributed by atoms with E-state index >= 15 is 0 Å². The molecule has 270 valence electrons. The highest BCUT2D eigenvalue weighted by atomic mass is 16.3. The number of nitrogens with one attached hydrogen (secondary N) is 2. The van der Waals surface area contributed by atoms with E-state index in [4.69, 9.17) is 4.42 Å². The standard InChI is InChI=1S/C52H36N4O/c1-4-15-33(16-5-1)42-32-43(34-17-6-2-7-18-34)54-52(53-42)35-19-14-22-37(29-35)56-45-27-28-49-51(39-24-11-13-26-48(39)57-49)50(45)41-31-46-40(30-47(41)56)38-23-10-12-25-44(38)55(46)36-20-8-3-9-21-36/h1-32,42,52-54H. The molecule has 0 bridgehead atoms. The molecule has 12 rings (SSSR count). The van der Waals surface area contributed by atoms with Gasteiger partial charge in [-0.1, -0.05) is 127 Å². The maximum Gasteiger partial charge on any atom is 0.136 e. The van der Waals surface area contributed by atoms with E-state index in [9.17, 15) is 0 Å². The molecule has 4 heterocycles. The average Bonchev–Trinajstić information content (AvgIpc) is 3.93. The molecular weight excluding hydrogens is 697 g/mol. The van der Waals surface area contributed by atoms with E-state index in [0.717, 1.165) is 55.6 Å². The molecule has 2 N–H and O–H groups in total. The summed E-state index contributed by atoms with van der Waals surface area (Å²) >= 11 is 0. The van der Waals surface area contributed by atoms with Gasteiger partial charge in [0.25, 0.3) is 0 Å². The Morgan fingerprint density at radius 2 is 1.07 bits per heavy atom. The number of rotatable bonds is 5. The maximum absolute atomic E-state index is 6.51. The lowest BCUT2D eigenvalue weighted by molar-refractivity contribution is 0.442. The number of furan rings is 1. The van der Waals surface area contributed by atoms with Gasteiger partial charge in [0.1, 0.15) is 17.3 Å². The second-order valence-corrected chi connectivity index (χ2v) is 15.0. The summed E-state index contributed by atoms with van der Waals surface area (Å²) in [7, 11) is 0. The summed E-state index contributed by atoms with van der Waals surface area (Å²) < 4.78 is 11.4. The van der Waals surface area contributed by atoms with Crippen LogP contribution in [0.5, 0.6) is 0 Å². The minimum absolute atomic E-state index is 0.0300. The van der Waals surface area contributed by atoms with Gasteiger partial charge in [-0.15, -0.1) is 0 Å². The molecule has 1 aliphatic rings. The van der Waals surface area contributed by atoms with Gasteiger partial charge in [0.2, 0.25) is 0 Å². The fourth-order valence-corrected chi connectivity index (χ4v) is 9.23. The average molecular weight is 733 g/mol. The highest BCUT2D eigenvalue weighted by Gasteiger charge is 2.26. The Labute approximate surface area is 328 Å². The van der Waals surface area contributed by atoms with Gasteiger partial charge in [-0.3, -0.25) is 5.32 Å². The molecule has 1 aliphatic heterocycles. The zero-order chi connectivity index (χ0) is 37.5. The SMILES string of the molecule is C1=C(c2ccccc2)NC(c2cccc(-n3c4cc5c6ccccc6n(-c6ccccc6)c5cc4c4c5c(ccc43)oc3ccccc35)c2)NC1c1ccccc1. The summed E-state index contributed by atoms with van der Waals surface area (Å²) in [5, 5.41) is 14.9. The lowest BCUT2D eigenvalue weighted by atomic mass is 9.98. The first-order chi connectivity index (χ1) is 28.3. The van der Waals surface area contributed by atoms with Crippen LogP contribution in [0.3, 0.4) is 0 Å². The van der Waals surface area contributed by atoms with Crippen molar-refractivity contribution in [3.8, 4) is 11.4 Å². The van der Waals surface area contributed by atoms with Crippen LogP contribution in [-0.4, -0.2) is 9.13 Å². The number of hydrogen-bond donors (Lipinski definition) is 2. The van der Waals surface area contributed by atoms with Crippen LogP contribution >= 0.6 is 0 Å². The predicted molar refractivity (Wildman–Crippen MR) is 235 cm³/mol. The van der Waals surface area contributed by atoms with Crippen molar-refractivity contribution in [3.05, 3.63) is 211 Å². The van der Waals surface area contributed by atoms with E-state index in [1.54, 1.807) is 0 Å². The van der Waals surface area contributed by atoms with Crippen molar-refractivity contribution in [2.75, 3.05) is 0 Å². The monoisotopic (exact) mass is 732 g/mol. The van der Waals surface area contributed by atoms with Crippen LogP contribution in [0.1, 0.15) is 28.9 Å². The Bertz CT molecular complexity index is 3360. The number of para-hydroxylation sites is 3. The highest BCUT2D eigenvalue weighted by molar-refractivity contribution is 6.29. The molecule has 11 aromatic rings. The van der Waals surface area contributed by atoms with Crippen LogP contribution in [0.2, 0.25) is 0 Å². The molecule has 5 heteroatoms. The second kappa shape index (κ2) is 12.6. The zero-order valence-electron chi connectivity index (χ0n) is 30.9. The van der Waals surface area contributed by atoms with Gasteiger partial charge in [-0.25, -0.2) is 0 Å². The Hall–Kier alpha value is -7.34. The molecule has 57 heavy (non-hydrogen) atoms. The van der Waals surface area contributed by atoms with Crippen LogP contribution in [0.4, 0.5) is 0 Å². The molecule has 0 fully saturated rings. The van der Waals surface area contributed by atoms with E-state index in [1.165, 1.54) is 43.7 Å². The number of benzene rings is 8. The summed E-state index contributed by atoms with van der Waals surface area (Å²) in [6, 6.07) is 67.4. The van der Waals surface area contributed by atoms with Crippen molar-refractivity contribution >= 4 is 71.2 Å². The number of aromatic nitrogens is 2. The van der Waals surface area contributed by atoms with Crippen molar-refractivity contribution < 1.29 is 4.42 Å². The van der Waals surface area contributed by atoms with Gasteiger partial charge in [-0.05, 0) is 83.4 Å². The molecule has 2 unspecified atom stereocenters. The van der Waals surface area contributed by atoms with Crippen LogP contribution < -0.4 is 10.6 Å². The Kier molecular flexibility index (Phi) is 7.06. The molecule has 0 radical (unpaired) electrons. The van der Waals surface area contributed by atoms with Gasteiger partial charge in [-0.2, -0.15) is 0 Å². The van der Waals surface area contributed by atoms with Gasteiger partial charge in [0, 0.05) is 49.4 Å². The first-order valence-corrected chi connectivity index (χ1v) is 19.6. The third-order valence-corrected chi connectivity index (χ3v) is 11.8. The normalized spacial score (nSPS) is 15.9. The minimum Gasteiger partial charge on any atom is -0.456 e. The van der Waals surface area contributed by atoms with Crippen molar-refractivity contribution in [2.45, 2.75) is 12.2 Å². The van der Waals surface area contributed by atoms with Gasteiger partial charge in [0.05, 0.1) is 28.1 Å². The molecule has 0 spiro atoms. The third kappa shape index (κ3) is 4.99. The Morgan fingerprint density at radius 1 is 0.421 bits per heavy atom. The van der Waals surface area contributed by atoms with E-state index in [2.05, 4.69) is 208 Å². The summed E-state index contributed by atoms with van der Waals surface area (Å²) in [5.74, 6) is 0. The summed E-state index contributed by atoms with van der Waals surface area (Å²) in [6.07, 6.45) is 2.17. The van der Waals surface area contributed by atoms with E-state index < -0.39 is 0 Å². The van der Waals surface area contributed by atoms with E-state index in [-0.39, 0.29) is 12.2 Å². The van der Waals surface area contributed by atoms with Crippen LogP contribution in [0.25, 0.3) is 82.6 Å². The molecule has 0 aliphatic carbocycles. The molecular formula is C52H36N4O. The highest BCUT2D eigenvalue weighted by Crippen LogP contribution is 2.44. The molecule has 8 aromatic carbocycles. The van der Waals surface area contributed by atoms with Crippen LogP contribution in [0, 0.1) is 0 Å². The number of fused-ring (bicyclic) bond motifs is 10. The van der Waals surface area contributed by atoms with Crippen LogP contribution in [-0.2, 0) is 0 Å². The Balaban J connectivity index is 1.11. The van der Waals surface area contributed by atoms with E-state index in [0.29, 0.717) is 0 Å². The van der Waals surface area contributed by atoms with Gasteiger partial charge in [0.15, 0.2) is 0 Å².